The van der Waals surface area contributed by atoms with E-state index in [1.165, 1.54) is 19.3 Å². The van der Waals surface area contributed by atoms with E-state index in [0.29, 0.717) is 5.92 Å². The summed E-state index contributed by atoms with van der Waals surface area (Å²) in [6.45, 7) is 7.28. The third-order valence-electron chi connectivity index (χ3n) is 5.40. The molecule has 2 saturated carbocycles. The van der Waals surface area contributed by atoms with Crippen LogP contribution in [0.2, 0.25) is 0 Å². The van der Waals surface area contributed by atoms with Crippen LogP contribution >= 0.6 is 0 Å². The molecular formula is C16H29NO2. The van der Waals surface area contributed by atoms with E-state index < -0.39 is 11.4 Å². The zero-order valence-electron chi connectivity index (χ0n) is 12.5. The Morgan fingerprint density at radius 2 is 1.89 bits per heavy atom. The summed E-state index contributed by atoms with van der Waals surface area (Å²) >= 11 is 0. The smallest absolute Gasteiger partial charge is 0.310 e. The summed E-state index contributed by atoms with van der Waals surface area (Å²) < 4.78 is 0. The van der Waals surface area contributed by atoms with Crippen LogP contribution in [-0.4, -0.2) is 35.6 Å². The van der Waals surface area contributed by atoms with Gasteiger partial charge in [-0.25, -0.2) is 0 Å². The van der Waals surface area contributed by atoms with Gasteiger partial charge in [0.25, 0.3) is 0 Å². The molecule has 0 bridgehead atoms. The van der Waals surface area contributed by atoms with Gasteiger partial charge in [0.1, 0.15) is 0 Å². The molecule has 0 spiro atoms. The Morgan fingerprint density at radius 3 is 2.32 bits per heavy atom. The summed E-state index contributed by atoms with van der Waals surface area (Å²) in [6.07, 6.45) is 7.93. The highest BCUT2D eigenvalue weighted by Gasteiger charge is 2.42. The van der Waals surface area contributed by atoms with Gasteiger partial charge < -0.3 is 10.0 Å². The summed E-state index contributed by atoms with van der Waals surface area (Å²) in [5.74, 6) is 0.967. The van der Waals surface area contributed by atoms with Crippen molar-refractivity contribution >= 4 is 5.97 Å². The minimum atomic E-state index is -0.563. The maximum absolute atomic E-state index is 11.8. The van der Waals surface area contributed by atoms with Crippen LogP contribution in [0.15, 0.2) is 0 Å². The van der Waals surface area contributed by atoms with Crippen LogP contribution in [0.4, 0.5) is 0 Å². The molecule has 0 unspecified atom stereocenters. The van der Waals surface area contributed by atoms with Gasteiger partial charge in [-0.1, -0.05) is 20.3 Å². The fraction of sp³-hybridized carbons (Fsp3) is 0.938. The molecule has 0 aromatic carbocycles. The maximum atomic E-state index is 11.8. The summed E-state index contributed by atoms with van der Waals surface area (Å²) in [4.78, 5) is 14.2. The Morgan fingerprint density at radius 1 is 1.26 bits per heavy atom. The normalized spacial score (nSPS) is 32.3. The molecule has 3 heteroatoms. The van der Waals surface area contributed by atoms with E-state index in [9.17, 15) is 9.90 Å². The van der Waals surface area contributed by atoms with Crippen molar-refractivity contribution < 1.29 is 9.90 Å². The van der Waals surface area contributed by atoms with Crippen molar-refractivity contribution in [3.8, 4) is 0 Å². The maximum Gasteiger partial charge on any atom is 0.310 e. The van der Waals surface area contributed by atoms with Crippen LogP contribution in [0.25, 0.3) is 0 Å². The molecule has 0 aromatic rings. The topological polar surface area (TPSA) is 40.5 Å². The lowest BCUT2D eigenvalue weighted by molar-refractivity contribution is -0.153. The molecule has 0 atom stereocenters. The zero-order chi connectivity index (χ0) is 13.9. The number of aliphatic carboxylic acids is 1. The van der Waals surface area contributed by atoms with E-state index in [0.717, 1.165) is 51.2 Å². The summed E-state index contributed by atoms with van der Waals surface area (Å²) in [6, 6.07) is 0. The van der Waals surface area contributed by atoms with E-state index >= 15 is 0 Å². The molecule has 0 heterocycles. The highest BCUT2D eigenvalue weighted by atomic mass is 16.4. The summed E-state index contributed by atoms with van der Waals surface area (Å²) in [5.41, 5.74) is -0.466. The molecule has 2 fully saturated rings. The Kier molecular flexibility index (Phi) is 4.88. The number of hydrogen-bond acceptors (Lipinski definition) is 2. The van der Waals surface area contributed by atoms with Crippen LogP contribution in [0, 0.1) is 17.3 Å². The predicted molar refractivity (Wildman–Crippen MR) is 77.2 cm³/mol. The van der Waals surface area contributed by atoms with Gasteiger partial charge in [0, 0.05) is 13.1 Å². The van der Waals surface area contributed by atoms with Crippen LogP contribution < -0.4 is 0 Å². The van der Waals surface area contributed by atoms with Crippen molar-refractivity contribution in [2.75, 3.05) is 19.6 Å². The van der Waals surface area contributed by atoms with Crippen LogP contribution in [-0.2, 0) is 4.79 Å². The standard InChI is InChI=1S/C16H29NO2/c1-3-17(11-14-5-4-6-14)12-16(15(18)19)9-7-13(2)8-10-16/h13-14H,3-12H2,1-2H3,(H,18,19). The van der Waals surface area contributed by atoms with Gasteiger partial charge in [0.05, 0.1) is 5.41 Å². The lowest BCUT2D eigenvalue weighted by Gasteiger charge is -2.41. The van der Waals surface area contributed by atoms with Crippen molar-refractivity contribution in [1.29, 1.82) is 0 Å². The first-order chi connectivity index (χ1) is 9.05. The second kappa shape index (κ2) is 6.25. The second-order valence-corrected chi connectivity index (χ2v) is 6.89. The molecule has 2 aliphatic carbocycles. The average molecular weight is 267 g/mol. The number of carbonyl (C=O) groups is 1. The van der Waals surface area contributed by atoms with Gasteiger partial charge in [-0.2, -0.15) is 0 Å². The Bertz CT molecular complexity index is 304. The highest BCUT2D eigenvalue weighted by molar-refractivity contribution is 5.75. The summed E-state index contributed by atoms with van der Waals surface area (Å²) in [7, 11) is 0. The molecule has 0 saturated heterocycles. The minimum Gasteiger partial charge on any atom is -0.481 e. The molecule has 0 aliphatic heterocycles. The third kappa shape index (κ3) is 3.50. The van der Waals surface area contributed by atoms with Gasteiger partial charge in [-0.05, 0) is 56.9 Å². The number of nitrogens with zero attached hydrogens (tertiary/aromatic N) is 1. The fourth-order valence-corrected chi connectivity index (χ4v) is 3.53. The monoisotopic (exact) mass is 267 g/mol. The van der Waals surface area contributed by atoms with Gasteiger partial charge in [-0.3, -0.25) is 4.79 Å². The molecule has 2 rings (SSSR count). The van der Waals surface area contributed by atoms with Crippen LogP contribution in [0.3, 0.4) is 0 Å². The van der Waals surface area contributed by atoms with E-state index in [1.807, 2.05) is 0 Å². The lowest BCUT2D eigenvalue weighted by atomic mass is 9.70. The van der Waals surface area contributed by atoms with Crippen molar-refractivity contribution in [2.24, 2.45) is 17.3 Å². The third-order valence-corrected chi connectivity index (χ3v) is 5.40. The molecular weight excluding hydrogens is 238 g/mol. The van der Waals surface area contributed by atoms with Gasteiger partial charge in [0.2, 0.25) is 0 Å². The molecule has 1 N–H and O–H groups in total. The highest BCUT2D eigenvalue weighted by Crippen LogP contribution is 2.40. The molecule has 0 aromatic heterocycles. The molecule has 2 aliphatic rings. The Balaban J connectivity index is 1.95. The fourth-order valence-electron chi connectivity index (χ4n) is 3.53. The number of carboxylic acid groups (broad SMARTS) is 1. The molecule has 0 radical (unpaired) electrons. The van der Waals surface area contributed by atoms with Crippen molar-refractivity contribution in [2.45, 2.75) is 58.8 Å². The number of rotatable bonds is 6. The molecule has 3 nitrogen and oxygen atoms in total. The summed E-state index contributed by atoms with van der Waals surface area (Å²) in [5, 5.41) is 9.70. The van der Waals surface area contributed by atoms with Crippen molar-refractivity contribution in [3.05, 3.63) is 0 Å². The predicted octanol–water partition coefficient (Wildman–Crippen LogP) is 3.39. The van der Waals surface area contributed by atoms with Gasteiger partial charge in [0.15, 0.2) is 0 Å². The van der Waals surface area contributed by atoms with E-state index in [4.69, 9.17) is 0 Å². The Hall–Kier alpha value is -0.570. The van der Waals surface area contributed by atoms with Crippen LogP contribution in [0.1, 0.15) is 58.8 Å². The molecule has 0 amide bonds. The quantitative estimate of drug-likeness (QED) is 0.802. The largest absolute Gasteiger partial charge is 0.481 e. The molecule has 19 heavy (non-hydrogen) atoms. The van der Waals surface area contributed by atoms with Crippen LogP contribution in [0.5, 0.6) is 0 Å². The number of carboxylic acids is 1. The van der Waals surface area contributed by atoms with Crippen molar-refractivity contribution in [3.63, 3.8) is 0 Å². The molecule has 110 valence electrons. The van der Waals surface area contributed by atoms with Gasteiger partial charge in [-0.15, -0.1) is 0 Å². The zero-order valence-corrected chi connectivity index (χ0v) is 12.5. The Labute approximate surface area is 117 Å². The first kappa shape index (κ1) is 14.8. The van der Waals surface area contributed by atoms with E-state index in [1.54, 1.807) is 0 Å². The second-order valence-electron chi connectivity index (χ2n) is 6.89. The number of hydrogen-bond donors (Lipinski definition) is 1. The van der Waals surface area contributed by atoms with E-state index in [-0.39, 0.29) is 0 Å². The van der Waals surface area contributed by atoms with Gasteiger partial charge >= 0.3 is 5.97 Å². The average Bonchev–Trinajstić information content (AvgIpc) is 2.34. The van der Waals surface area contributed by atoms with Crippen molar-refractivity contribution in [1.82, 2.24) is 4.90 Å². The first-order valence-corrected chi connectivity index (χ1v) is 8.01. The van der Waals surface area contributed by atoms with E-state index in [2.05, 4.69) is 18.7 Å². The lowest BCUT2D eigenvalue weighted by Crippen LogP contribution is -2.47. The minimum absolute atomic E-state index is 0.466. The first-order valence-electron chi connectivity index (χ1n) is 8.01. The SMILES string of the molecule is CCN(CC1CCC1)CC1(C(=O)O)CCC(C)CC1.